The second-order valence-electron chi connectivity index (χ2n) is 6.52. The second kappa shape index (κ2) is 4.47. The van der Waals surface area contributed by atoms with E-state index in [1.54, 1.807) is 0 Å². The molecule has 0 aromatic carbocycles. The standard InChI is InChI=1S/C14H15F3O5/c1-7(14(15,16)17)10(18)22-13-3-8-2-12(20,6-13)4-9(5-13)21-11(8)19/h8-9,20H,1-6H2. The van der Waals surface area contributed by atoms with Crippen LogP contribution >= 0.6 is 0 Å². The minimum absolute atomic E-state index is 0.0144. The van der Waals surface area contributed by atoms with E-state index in [9.17, 15) is 27.9 Å². The van der Waals surface area contributed by atoms with Crippen LogP contribution in [0.1, 0.15) is 32.1 Å². The van der Waals surface area contributed by atoms with Crippen LogP contribution in [-0.2, 0) is 19.1 Å². The molecule has 0 aromatic rings. The van der Waals surface area contributed by atoms with Gasteiger partial charge in [-0.2, -0.15) is 13.2 Å². The molecule has 2 saturated carbocycles. The van der Waals surface area contributed by atoms with Gasteiger partial charge in [-0.15, -0.1) is 0 Å². The normalized spacial score (nSPS) is 40.1. The summed E-state index contributed by atoms with van der Waals surface area (Å²) in [5.41, 5.74) is -4.16. The van der Waals surface area contributed by atoms with Crippen molar-refractivity contribution in [1.29, 1.82) is 0 Å². The highest BCUT2D eigenvalue weighted by Crippen LogP contribution is 2.53. The van der Waals surface area contributed by atoms with Gasteiger partial charge in [0.05, 0.1) is 11.5 Å². The average Bonchev–Trinajstić information content (AvgIpc) is 2.47. The van der Waals surface area contributed by atoms with Crippen LogP contribution in [0.2, 0.25) is 0 Å². The van der Waals surface area contributed by atoms with Crippen LogP contribution in [0.15, 0.2) is 12.2 Å². The highest BCUT2D eigenvalue weighted by molar-refractivity contribution is 5.89. The van der Waals surface area contributed by atoms with E-state index in [4.69, 9.17) is 9.47 Å². The fourth-order valence-electron chi connectivity index (χ4n) is 3.95. The molecule has 22 heavy (non-hydrogen) atoms. The summed E-state index contributed by atoms with van der Waals surface area (Å²) < 4.78 is 47.9. The molecular weight excluding hydrogens is 305 g/mol. The van der Waals surface area contributed by atoms with Gasteiger partial charge in [-0.1, -0.05) is 6.58 Å². The fourth-order valence-corrected chi connectivity index (χ4v) is 3.95. The largest absolute Gasteiger partial charge is 0.462 e. The number of fused-ring (bicyclic) bond motifs is 1. The fraction of sp³-hybridized carbons (Fsp3) is 0.714. The summed E-state index contributed by atoms with van der Waals surface area (Å²) in [5.74, 6) is -2.73. The molecule has 4 aliphatic rings. The molecule has 4 rings (SSSR count). The van der Waals surface area contributed by atoms with E-state index in [2.05, 4.69) is 6.58 Å². The van der Waals surface area contributed by atoms with Crippen LogP contribution in [0.3, 0.4) is 0 Å². The molecule has 0 amide bonds. The summed E-state index contributed by atoms with van der Waals surface area (Å²) in [6.07, 6.45) is -4.93. The summed E-state index contributed by atoms with van der Waals surface area (Å²) in [4.78, 5) is 23.6. The third-order valence-corrected chi connectivity index (χ3v) is 4.62. The molecule has 4 unspecified atom stereocenters. The summed E-state index contributed by atoms with van der Waals surface area (Å²) >= 11 is 0. The summed E-state index contributed by atoms with van der Waals surface area (Å²) in [5, 5.41) is 10.5. The lowest BCUT2D eigenvalue weighted by molar-refractivity contribution is -0.195. The summed E-state index contributed by atoms with van der Waals surface area (Å²) in [7, 11) is 0. The number of hydrogen-bond acceptors (Lipinski definition) is 5. The Morgan fingerprint density at radius 1 is 1.32 bits per heavy atom. The third kappa shape index (κ3) is 2.49. The van der Waals surface area contributed by atoms with Gasteiger partial charge in [0, 0.05) is 25.7 Å². The maximum atomic E-state index is 12.5. The highest BCUT2D eigenvalue weighted by atomic mass is 19.4. The lowest BCUT2D eigenvalue weighted by Crippen LogP contribution is -2.56. The van der Waals surface area contributed by atoms with Crippen molar-refractivity contribution in [2.24, 2.45) is 5.92 Å². The van der Waals surface area contributed by atoms with Gasteiger partial charge in [-0.05, 0) is 6.42 Å². The maximum Gasteiger partial charge on any atom is 0.422 e. The number of alkyl halides is 3. The van der Waals surface area contributed by atoms with Gasteiger partial charge < -0.3 is 14.6 Å². The first-order valence-electron chi connectivity index (χ1n) is 6.94. The Bertz CT molecular complexity index is 557. The maximum absolute atomic E-state index is 12.5. The molecule has 4 atom stereocenters. The van der Waals surface area contributed by atoms with Crippen LogP contribution in [-0.4, -0.2) is 40.5 Å². The minimum atomic E-state index is -4.88. The molecule has 1 N–H and O–H groups in total. The number of carbonyl (C=O) groups excluding carboxylic acids is 2. The van der Waals surface area contributed by atoms with E-state index < -0.39 is 46.9 Å². The third-order valence-electron chi connectivity index (χ3n) is 4.62. The topological polar surface area (TPSA) is 72.8 Å². The van der Waals surface area contributed by atoms with Gasteiger partial charge in [0.1, 0.15) is 17.3 Å². The van der Waals surface area contributed by atoms with E-state index in [0.29, 0.717) is 0 Å². The van der Waals surface area contributed by atoms with Gasteiger partial charge >= 0.3 is 18.1 Å². The van der Waals surface area contributed by atoms with Gasteiger partial charge in [0.25, 0.3) is 0 Å². The van der Waals surface area contributed by atoms with Crippen molar-refractivity contribution in [3.63, 3.8) is 0 Å². The first-order valence-corrected chi connectivity index (χ1v) is 6.94. The Kier molecular flexibility index (Phi) is 3.11. The molecule has 122 valence electrons. The van der Waals surface area contributed by atoms with Crippen molar-refractivity contribution in [2.45, 2.75) is 55.6 Å². The van der Waals surface area contributed by atoms with Crippen molar-refractivity contribution in [2.75, 3.05) is 0 Å². The summed E-state index contributed by atoms with van der Waals surface area (Å²) in [6.45, 7) is 2.72. The van der Waals surface area contributed by atoms with Gasteiger partial charge in [-0.3, -0.25) is 4.79 Å². The lowest BCUT2D eigenvalue weighted by atomic mass is 9.63. The van der Waals surface area contributed by atoms with Crippen molar-refractivity contribution in [1.82, 2.24) is 0 Å². The Morgan fingerprint density at radius 3 is 2.64 bits per heavy atom. The molecule has 2 aliphatic heterocycles. The number of halogens is 3. The predicted molar refractivity (Wildman–Crippen MR) is 65.4 cm³/mol. The molecule has 0 radical (unpaired) electrons. The molecule has 2 heterocycles. The molecule has 4 bridgehead atoms. The Labute approximate surface area is 124 Å². The highest BCUT2D eigenvalue weighted by Gasteiger charge is 2.61. The molecule has 0 spiro atoms. The van der Waals surface area contributed by atoms with E-state index >= 15 is 0 Å². The molecule has 8 heteroatoms. The van der Waals surface area contributed by atoms with Crippen molar-refractivity contribution >= 4 is 11.9 Å². The monoisotopic (exact) mass is 320 g/mol. The number of ether oxygens (including phenoxy) is 2. The number of rotatable bonds is 2. The van der Waals surface area contributed by atoms with Crippen molar-refractivity contribution in [3.8, 4) is 0 Å². The molecule has 0 aromatic heterocycles. The van der Waals surface area contributed by atoms with Gasteiger partial charge in [-0.25, -0.2) is 4.79 Å². The Balaban J connectivity index is 1.86. The van der Waals surface area contributed by atoms with E-state index in [1.807, 2.05) is 0 Å². The van der Waals surface area contributed by atoms with Crippen LogP contribution in [0.5, 0.6) is 0 Å². The first kappa shape index (κ1) is 15.3. The Morgan fingerprint density at radius 2 is 2.00 bits per heavy atom. The van der Waals surface area contributed by atoms with Crippen molar-refractivity contribution < 1.29 is 37.3 Å². The first-order chi connectivity index (χ1) is 10.0. The zero-order valence-electron chi connectivity index (χ0n) is 11.6. The molecule has 2 saturated heterocycles. The lowest BCUT2D eigenvalue weighted by Gasteiger charge is -2.49. The number of aliphatic hydroxyl groups is 1. The SMILES string of the molecule is C=C(C(=O)OC12CC3CC(O)(CC(C1)C(=O)O3)C2)C(F)(F)F. The summed E-state index contributed by atoms with van der Waals surface area (Å²) in [6, 6.07) is 0. The van der Waals surface area contributed by atoms with Crippen molar-refractivity contribution in [3.05, 3.63) is 12.2 Å². The van der Waals surface area contributed by atoms with Crippen LogP contribution in [0, 0.1) is 5.92 Å². The van der Waals surface area contributed by atoms with E-state index in [0.717, 1.165) is 0 Å². The zero-order chi connectivity index (χ0) is 16.3. The van der Waals surface area contributed by atoms with Crippen LogP contribution in [0.25, 0.3) is 0 Å². The van der Waals surface area contributed by atoms with Gasteiger partial charge in [0.15, 0.2) is 0 Å². The Hall–Kier alpha value is -1.57. The van der Waals surface area contributed by atoms with Crippen LogP contribution < -0.4 is 0 Å². The molecule has 4 fully saturated rings. The molecule has 2 aliphatic carbocycles. The second-order valence-corrected chi connectivity index (χ2v) is 6.52. The van der Waals surface area contributed by atoms with E-state index in [1.165, 1.54) is 0 Å². The zero-order valence-corrected chi connectivity index (χ0v) is 11.6. The molecular formula is C14H15F3O5. The number of hydrogen-bond donors (Lipinski definition) is 1. The smallest absolute Gasteiger partial charge is 0.422 e. The van der Waals surface area contributed by atoms with Crippen LogP contribution in [0.4, 0.5) is 13.2 Å². The predicted octanol–water partition coefficient (Wildman–Crippen LogP) is 1.64. The van der Waals surface area contributed by atoms with Gasteiger partial charge in [0.2, 0.25) is 0 Å². The van der Waals surface area contributed by atoms with E-state index in [-0.39, 0.29) is 32.1 Å². The quantitative estimate of drug-likeness (QED) is 0.618. The number of carbonyl (C=O) groups is 2. The number of esters is 2. The minimum Gasteiger partial charge on any atom is -0.462 e. The molecule has 5 nitrogen and oxygen atoms in total. The average molecular weight is 320 g/mol.